The molecule has 6 heteroatoms. The minimum Gasteiger partial charge on any atom is -0.473 e. The van der Waals surface area contributed by atoms with E-state index in [0.717, 1.165) is 43.3 Å². The molecule has 0 saturated carbocycles. The molecular formula is C22H32N4O2. The maximum Gasteiger partial charge on any atom is 0.213 e. The second-order valence-corrected chi connectivity index (χ2v) is 6.95. The average Bonchev–Trinajstić information content (AvgIpc) is 2.72. The number of hydrogen-bond acceptors (Lipinski definition) is 4. The number of aromatic nitrogens is 1. The average molecular weight is 385 g/mol. The fourth-order valence-corrected chi connectivity index (χ4v) is 2.48. The van der Waals surface area contributed by atoms with Crippen molar-refractivity contribution in [1.29, 1.82) is 0 Å². The minimum absolute atomic E-state index is 0.507. The lowest BCUT2D eigenvalue weighted by Crippen LogP contribution is -2.37. The largest absolute Gasteiger partial charge is 0.473 e. The Morgan fingerprint density at radius 1 is 1.11 bits per heavy atom. The fraction of sp³-hybridized carbons (Fsp3) is 0.455. The maximum atomic E-state index is 5.79. The van der Waals surface area contributed by atoms with Crippen molar-refractivity contribution in [3.05, 3.63) is 59.8 Å². The fourth-order valence-electron chi connectivity index (χ4n) is 2.48. The van der Waals surface area contributed by atoms with Crippen LogP contribution in [-0.2, 0) is 17.9 Å². The Morgan fingerprint density at radius 2 is 1.93 bits per heavy atom. The molecule has 0 atom stereocenters. The van der Waals surface area contributed by atoms with Gasteiger partial charge in [0.25, 0.3) is 0 Å². The standard InChI is InChI=1S/C22H32N4O2/c1-18(2)16-27-13-7-11-25-22(23-3)26-15-20-10-12-24-21(14-20)28-17-19-8-5-4-6-9-19/h4-6,8-10,12,14,18H,7,11,13,15-17H2,1-3H3,(H2,23,25,26). The van der Waals surface area contributed by atoms with Gasteiger partial charge >= 0.3 is 0 Å². The number of ether oxygens (including phenoxy) is 2. The Balaban J connectivity index is 1.70. The van der Waals surface area contributed by atoms with Gasteiger partial charge in [-0.05, 0) is 29.5 Å². The smallest absolute Gasteiger partial charge is 0.213 e. The number of aliphatic imine (C=N–C) groups is 1. The van der Waals surface area contributed by atoms with Crippen LogP contribution in [0.15, 0.2) is 53.7 Å². The SMILES string of the molecule is CN=C(NCCCOCC(C)C)NCc1ccnc(OCc2ccccc2)c1. The van der Waals surface area contributed by atoms with E-state index in [0.29, 0.717) is 24.9 Å². The van der Waals surface area contributed by atoms with Crippen LogP contribution in [0.25, 0.3) is 0 Å². The van der Waals surface area contributed by atoms with E-state index in [2.05, 4.69) is 34.5 Å². The van der Waals surface area contributed by atoms with E-state index in [4.69, 9.17) is 9.47 Å². The summed E-state index contributed by atoms with van der Waals surface area (Å²) in [5.41, 5.74) is 2.20. The summed E-state index contributed by atoms with van der Waals surface area (Å²) in [6.45, 7) is 7.85. The van der Waals surface area contributed by atoms with Gasteiger partial charge in [0.15, 0.2) is 5.96 Å². The molecule has 1 aromatic carbocycles. The van der Waals surface area contributed by atoms with Crippen LogP contribution in [0, 0.1) is 5.92 Å². The maximum absolute atomic E-state index is 5.79. The molecule has 2 rings (SSSR count). The quantitative estimate of drug-likeness (QED) is 0.353. The van der Waals surface area contributed by atoms with Gasteiger partial charge in [-0.3, -0.25) is 4.99 Å². The van der Waals surface area contributed by atoms with Crippen molar-refractivity contribution in [2.45, 2.75) is 33.4 Å². The van der Waals surface area contributed by atoms with Crippen LogP contribution in [0.5, 0.6) is 5.88 Å². The first kappa shape index (κ1) is 21.7. The molecule has 0 spiro atoms. The molecule has 1 heterocycles. The summed E-state index contributed by atoms with van der Waals surface area (Å²) in [5.74, 6) is 1.96. The molecular weight excluding hydrogens is 352 g/mol. The van der Waals surface area contributed by atoms with Crippen LogP contribution >= 0.6 is 0 Å². The van der Waals surface area contributed by atoms with E-state index in [1.54, 1.807) is 13.2 Å². The predicted molar refractivity (Wildman–Crippen MR) is 113 cm³/mol. The Kier molecular flexibility index (Phi) is 9.86. The van der Waals surface area contributed by atoms with Crippen molar-refractivity contribution in [1.82, 2.24) is 15.6 Å². The van der Waals surface area contributed by atoms with Gasteiger partial charge in [-0.2, -0.15) is 0 Å². The van der Waals surface area contributed by atoms with Gasteiger partial charge in [0, 0.05) is 45.6 Å². The Bertz CT molecular complexity index is 705. The highest BCUT2D eigenvalue weighted by atomic mass is 16.5. The first-order valence-corrected chi connectivity index (χ1v) is 9.81. The molecule has 0 saturated heterocycles. The summed E-state index contributed by atoms with van der Waals surface area (Å²) in [7, 11) is 1.77. The molecule has 152 valence electrons. The molecule has 2 aromatic rings. The zero-order chi connectivity index (χ0) is 20.0. The summed E-state index contributed by atoms with van der Waals surface area (Å²) in [6.07, 6.45) is 2.71. The lowest BCUT2D eigenvalue weighted by Gasteiger charge is -2.13. The lowest BCUT2D eigenvalue weighted by atomic mass is 10.2. The van der Waals surface area contributed by atoms with E-state index in [9.17, 15) is 0 Å². The third kappa shape index (κ3) is 8.86. The molecule has 0 radical (unpaired) electrons. The second kappa shape index (κ2) is 12.7. The van der Waals surface area contributed by atoms with Crippen LogP contribution in [0.2, 0.25) is 0 Å². The molecule has 2 N–H and O–H groups in total. The zero-order valence-corrected chi connectivity index (χ0v) is 17.1. The normalized spacial score (nSPS) is 11.5. The highest BCUT2D eigenvalue weighted by Gasteiger charge is 2.02. The molecule has 0 bridgehead atoms. The van der Waals surface area contributed by atoms with Crippen LogP contribution in [0.4, 0.5) is 0 Å². The molecule has 0 aliphatic carbocycles. The number of rotatable bonds is 11. The van der Waals surface area contributed by atoms with Gasteiger partial charge in [-0.15, -0.1) is 0 Å². The van der Waals surface area contributed by atoms with E-state index in [1.807, 2.05) is 42.5 Å². The molecule has 28 heavy (non-hydrogen) atoms. The van der Waals surface area contributed by atoms with Gasteiger partial charge in [0.1, 0.15) is 6.61 Å². The predicted octanol–water partition coefficient (Wildman–Crippen LogP) is 3.39. The van der Waals surface area contributed by atoms with Gasteiger partial charge in [-0.25, -0.2) is 4.98 Å². The van der Waals surface area contributed by atoms with Crippen LogP contribution < -0.4 is 15.4 Å². The zero-order valence-electron chi connectivity index (χ0n) is 17.1. The molecule has 0 amide bonds. The van der Waals surface area contributed by atoms with E-state index in [-0.39, 0.29) is 0 Å². The van der Waals surface area contributed by atoms with Crippen molar-refractivity contribution in [3.8, 4) is 5.88 Å². The lowest BCUT2D eigenvalue weighted by molar-refractivity contribution is 0.108. The molecule has 0 unspecified atom stereocenters. The number of hydrogen-bond donors (Lipinski definition) is 2. The summed E-state index contributed by atoms with van der Waals surface area (Å²) in [6, 6.07) is 14.0. The number of nitrogens with one attached hydrogen (secondary N) is 2. The third-order valence-electron chi connectivity index (χ3n) is 3.92. The van der Waals surface area contributed by atoms with Gasteiger partial charge < -0.3 is 20.1 Å². The molecule has 0 aliphatic heterocycles. The monoisotopic (exact) mass is 384 g/mol. The minimum atomic E-state index is 0.507. The summed E-state index contributed by atoms with van der Waals surface area (Å²) in [5, 5.41) is 6.61. The van der Waals surface area contributed by atoms with Crippen molar-refractivity contribution < 1.29 is 9.47 Å². The highest BCUT2D eigenvalue weighted by Crippen LogP contribution is 2.11. The topological polar surface area (TPSA) is 67.8 Å². The summed E-state index contributed by atoms with van der Waals surface area (Å²) >= 11 is 0. The van der Waals surface area contributed by atoms with Crippen molar-refractivity contribution in [3.63, 3.8) is 0 Å². The number of benzene rings is 1. The first-order chi connectivity index (χ1) is 13.7. The Hall–Kier alpha value is -2.60. The first-order valence-electron chi connectivity index (χ1n) is 9.81. The van der Waals surface area contributed by atoms with E-state index in [1.165, 1.54) is 0 Å². The summed E-state index contributed by atoms with van der Waals surface area (Å²) < 4.78 is 11.4. The van der Waals surface area contributed by atoms with Crippen LogP contribution in [0.1, 0.15) is 31.4 Å². The third-order valence-corrected chi connectivity index (χ3v) is 3.92. The Morgan fingerprint density at radius 3 is 2.68 bits per heavy atom. The van der Waals surface area contributed by atoms with E-state index < -0.39 is 0 Å². The molecule has 0 fully saturated rings. The van der Waals surface area contributed by atoms with Gasteiger partial charge in [0.2, 0.25) is 5.88 Å². The van der Waals surface area contributed by atoms with Crippen LogP contribution in [0.3, 0.4) is 0 Å². The number of pyridine rings is 1. The van der Waals surface area contributed by atoms with Gasteiger partial charge in [0.05, 0.1) is 0 Å². The molecule has 1 aromatic heterocycles. The molecule has 6 nitrogen and oxygen atoms in total. The van der Waals surface area contributed by atoms with Gasteiger partial charge in [-0.1, -0.05) is 44.2 Å². The highest BCUT2D eigenvalue weighted by molar-refractivity contribution is 5.79. The number of guanidine groups is 1. The van der Waals surface area contributed by atoms with E-state index >= 15 is 0 Å². The van der Waals surface area contributed by atoms with Crippen molar-refractivity contribution in [2.75, 3.05) is 26.8 Å². The molecule has 0 aliphatic rings. The summed E-state index contributed by atoms with van der Waals surface area (Å²) in [4.78, 5) is 8.54. The van der Waals surface area contributed by atoms with Crippen molar-refractivity contribution >= 4 is 5.96 Å². The van der Waals surface area contributed by atoms with Crippen LogP contribution in [-0.4, -0.2) is 37.7 Å². The second-order valence-electron chi connectivity index (χ2n) is 6.95. The number of nitrogens with zero attached hydrogens (tertiary/aromatic N) is 2. The Labute approximate surface area is 168 Å². The van der Waals surface area contributed by atoms with Crippen molar-refractivity contribution in [2.24, 2.45) is 10.9 Å².